The Morgan fingerprint density at radius 2 is 1.70 bits per heavy atom. The second-order valence-corrected chi connectivity index (χ2v) is 6.50. The highest BCUT2D eigenvalue weighted by Gasteiger charge is 2.19. The molecule has 0 saturated carbocycles. The first-order valence-electron chi connectivity index (χ1n) is 8.77. The zero-order chi connectivity index (χ0) is 19.8. The van der Waals surface area contributed by atoms with Crippen molar-refractivity contribution in [3.63, 3.8) is 0 Å². The smallest absolute Gasteiger partial charge is 0.338 e. The zero-order valence-corrected chi connectivity index (χ0v) is 16.0. The largest absolute Gasteiger partial charge is 0.497 e. The highest BCUT2D eigenvalue weighted by atomic mass is 16.5. The molecule has 27 heavy (non-hydrogen) atoms. The van der Waals surface area contributed by atoms with E-state index in [9.17, 15) is 9.59 Å². The summed E-state index contributed by atoms with van der Waals surface area (Å²) in [5, 5.41) is 2.69. The summed E-state index contributed by atoms with van der Waals surface area (Å²) in [7, 11) is 1.55. The predicted molar refractivity (Wildman–Crippen MR) is 103 cm³/mol. The van der Waals surface area contributed by atoms with Crippen LogP contribution in [0.5, 0.6) is 11.5 Å². The fourth-order valence-electron chi connectivity index (χ4n) is 2.18. The number of rotatable bonds is 8. The predicted octanol–water partition coefficient (Wildman–Crippen LogP) is 3.91. The Balaban J connectivity index is 1.90. The molecule has 1 N–H and O–H groups in total. The number of ether oxygens (including phenoxy) is 3. The molecule has 0 aliphatic heterocycles. The van der Waals surface area contributed by atoms with Crippen molar-refractivity contribution in [3.8, 4) is 11.5 Å². The van der Waals surface area contributed by atoms with Gasteiger partial charge in [0.05, 0.1) is 19.3 Å². The van der Waals surface area contributed by atoms with Gasteiger partial charge in [-0.2, -0.15) is 0 Å². The maximum Gasteiger partial charge on any atom is 0.338 e. The lowest BCUT2D eigenvalue weighted by molar-refractivity contribution is -0.123. The van der Waals surface area contributed by atoms with Crippen LogP contribution in [0.2, 0.25) is 0 Å². The van der Waals surface area contributed by atoms with E-state index in [4.69, 9.17) is 14.2 Å². The zero-order valence-electron chi connectivity index (χ0n) is 16.0. The van der Waals surface area contributed by atoms with Gasteiger partial charge in [-0.25, -0.2) is 4.79 Å². The van der Waals surface area contributed by atoms with Gasteiger partial charge in [0, 0.05) is 11.8 Å². The SMILES string of the molecule is COc1cccc(NC(=O)[C@H](C)OC(=O)c2ccc(OCC(C)C)cc2)c1. The molecule has 0 spiro atoms. The Hall–Kier alpha value is -3.02. The van der Waals surface area contributed by atoms with Crippen molar-refractivity contribution in [1.82, 2.24) is 0 Å². The third kappa shape index (κ3) is 6.33. The quantitative estimate of drug-likeness (QED) is 0.712. The maximum absolute atomic E-state index is 12.2. The van der Waals surface area contributed by atoms with Gasteiger partial charge in [-0.05, 0) is 49.2 Å². The Bertz CT molecular complexity index is 770. The number of amides is 1. The number of methoxy groups -OCH3 is 1. The van der Waals surface area contributed by atoms with Crippen LogP contribution in [0.4, 0.5) is 5.69 Å². The molecule has 2 aromatic carbocycles. The molecule has 0 unspecified atom stereocenters. The molecule has 1 amide bonds. The normalized spacial score (nSPS) is 11.6. The third-order valence-corrected chi connectivity index (χ3v) is 3.66. The van der Waals surface area contributed by atoms with Crippen molar-refractivity contribution < 1.29 is 23.8 Å². The average Bonchev–Trinajstić information content (AvgIpc) is 2.66. The fourth-order valence-corrected chi connectivity index (χ4v) is 2.18. The first kappa shape index (κ1) is 20.3. The van der Waals surface area contributed by atoms with Gasteiger partial charge in [-0.3, -0.25) is 4.79 Å². The van der Waals surface area contributed by atoms with Crippen LogP contribution in [0.3, 0.4) is 0 Å². The molecular formula is C21H25NO5. The molecule has 6 heteroatoms. The van der Waals surface area contributed by atoms with Crippen LogP contribution in [0, 0.1) is 5.92 Å². The van der Waals surface area contributed by atoms with E-state index in [2.05, 4.69) is 19.2 Å². The summed E-state index contributed by atoms with van der Waals surface area (Å²) in [5.41, 5.74) is 0.918. The molecule has 0 bridgehead atoms. The lowest BCUT2D eigenvalue weighted by Crippen LogP contribution is -2.30. The number of anilines is 1. The number of hydrogen-bond donors (Lipinski definition) is 1. The van der Waals surface area contributed by atoms with Gasteiger partial charge in [-0.1, -0.05) is 19.9 Å². The van der Waals surface area contributed by atoms with E-state index >= 15 is 0 Å². The summed E-state index contributed by atoms with van der Waals surface area (Å²) in [6.07, 6.45) is -0.944. The van der Waals surface area contributed by atoms with Crippen molar-refractivity contribution in [3.05, 3.63) is 54.1 Å². The second-order valence-electron chi connectivity index (χ2n) is 6.50. The third-order valence-electron chi connectivity index (χ3n) is 3.66. The molecule has 0 fully saturated rings. The van der Waals surface area contributed by atoms with Crippen LogP contribution in [-0.4, -0.2) is 31.7 Å². The summed E-state index contributed by atoms with van der Waals surface area (Å²) in [5.74, 6) is 0.729. The fraction of sp³-hybridized carbons (Fsp3) is 0.333. The second kappa shape index (κ2) is 9.62. The van der Waals surface area contributed by atoms with E-state index in [0.29, 0.717) is 35.3 Å². The summed E-state index contributed by atoms with van der Waals surface area (Å²) in [4.78, 5) is 24.5. The van der Waals surface area contributed by atoms with Crippen LogP contribution >= 0.6 is 0 Å². The van der Waals surface area contributed by atoms with Gasteiger partial charge in [-0.15, -0.1) is 0 Å². The minimum absolute atomic E-state index is 0.355. The average molecular weight is 371 g/mol. The molecule has 1 atom stereocenters. The molecule has 6 nitrogen and oxygen atoms in total. The van der Waals surface area contributed by atoms with Gasteiger partial charge in [0.1, 0.15) is 11.5 Å². The molecule has 144 valence electrons. The van der Waals surface area contributed by atoms with Gasteiger partial charge >= 0.3 is 5.97 Å². The van der Waals surface area contributed by atoms with E-state index in [1.165, 1.54) is 6.92 Å². The standard InChI is InChI=1S/C21H25NO5/c1-14(2)13-26-18-10-8-16(9-11-18)21(24)27-15(3)20(23)22-17-6-5-7-19(12-17)25-4/h5-12,14-15H,13H2,1-4H3,(H,22,23)/t15-/m0/s1. The number of hydrogen-bond acceptors (Lipinski definition) is 5. The number of benzene rings is 2. The van der Waals surface area contributed by atoms with E-state index in [0.717, 1.165) is 0 Å². The minimum atomic E-state index is -0.944. The monoisotopic (exact) mass is 371 g/mol. The molecule has 0 aromatic heterocycles. The van der Waals surface area contributed by atoms with Crippen LogP contribution < -0.4 is 14.8 Å². The lowest BCUT2D eigenvalue weighted by atomic mass is 10.2. The topological polar surface area (TPSA) is 73.9 Å². The van der Waals surface area contributed by atoms with Crippen molar-refractivity contribution >= 4 is 17.6 Å². The number of nitrogens with one attached hydrogen (secondary N) is 1. The molecule has 0 aliphatic rings. The van der Waals surface area contributed by atoms with Crippen molar-refractivity contribution in [2.24, 2.45) is 5.92 Å². The van der Waals surface area contributed by atoms with Crippen LogP contribution in [-0.2, 0) is 9.53 Å². The van der Waals surface area contributed by atoms with E-state index in [1.54, 1.807) is 55.6 Å². The van der Waals surface area contributed by atoms with Crippen molar-refractivity contribution in [2.45, 2.75) is 26.9 Å². The number of esters is 1. The first-order valence-corrected chi connectivity index (χ1v) is 8.77. The van der Waals surface area contributed by atoms with E-state index in [1.807, 2.05) is 0 Å². The molecule has 0 aliphatic carbocycles. The Morgan fingerprint density at radius 3 is 2.33 bits per heavy atom. The molecule has 2 aromatic rings. The Labute approximate surface area is 159 Å². The summed E-state index contributed by atoms with van der Waals surface area (Å²) < 4.78 is 15.9. The summed E-state index contributed by atoms with van der Waals surface area (Å²) >= 11 is 0. The summed E-state index contributed by atoms with van der Waals surface area (Å²) in [6.45, 7) is 6.24. The van der Waals surface area contributed by atoms with Crippen molar-refractivity contribution in [1.29, 1.82) is 0 Å². The lowest BCUT2D eigenvalue weighted by Gasteiger charge is -2.14. The van der Waals surface area contributed by atoms with Gasteiger partial charge in [0.25, 0.3) is 5.91 Å². The molecule has 2 rings (SSSR count). The van der Waals surface area contributed by atoms with Crippen LogP contribution in [0.15, 0.2) is 48.5 Å². The van der Waals surface area contributed by atoms with Crippen LogP contribution in [0.25, 0.3) is 0 Å². The first-order chi connectivity index (χ1) is 12.9. The van der Waals surface area contributed by atoms with Gasteiger partial charge in [0.15, 0.2) is 6.10 Å². The van der Waals surface area contributed by atoms with Gasteiger partial charge < -0.3 is 19.5 Å². The molecule has 0 radical (unpaired) electrons. The number of carbonyl (C=O) groups is 2. The maximum atomic E-state index is 12.2. The summed E-state index contributed by atoms with van der Waals surface area (Å²) in [6, 6.07) is 13.6. The molecular weight excluding hydrogens is 346 g/mol. The molecule has 0 heterocycles. The molecule has 0 saturated heterocycles. The van der Waals surface area contributed by atoms with Gasteiger partial charge in [0.2, 0.25) is 0 Å². The minimum Gasteiger partial charge on any atom is -0.497 e. The van der Waals surface area contributed by atoms with E-state index < -0.39 is 18.0 Å². The number of carbonyl (C=O) groups excluding carboxylic acids is 2. The Morgan fingerprint density at radius 1 is 1.00 bits per heavy atom. The van der Waals surface area contributed by atoms with E-state index in [-0.39, 0.29) is 0 Å². The highest BCUT2D eigenvalue weighted by molar-refractivity contribution is 5.97. The van der Waals surface area contributed by atoms with Crippen molar-refractivity contribution in [2.75, 3.05) is 19.0 Å². The van der Waals surface area contributed by atoms with Crippen LogP contribution in [0.1, 0.15) is 31.1 Å². The highest BCUT2D eigenvalue weighted by Crippen LogP contribution is 2.18. The Kier molecular flexibility index (Phi) is 7.23.